The highest BCUT2D eigenvalue weighted by molar-refractivity contribution is 7.13. The number of nitrogens with two attached hydrogens (primary N) is 1. The number of benzene rings is 1. The van der Waals surface area contributed by atoms with E-state index in [1.54, 1.807) is 11.3 Å². The molecule has 0 unspecified atom stereocenters. The van der Waals surface area contributed by atoms with Gasteiger partial charge in [0.2, 0.25) is 0 Å². The third-order valence-corrected chi connectivity index (χ3v) is 3.00. The fraction of sp³-hybridized carbons (Fsp3) is 0.0909. The van der Waals surface area contributed by atoms with Gasteiger partial charge in [0.05, 0.1) is 0 Å². The number of nitrogen functional groups attached to an aromatic ring is 1. The Balaban J connectivity index is 2.49. The molecule has 0 fully saturated rings. The van der Waals surface area contributed by atoms with E-state index >= 15 is 0 Å². The molecule has 0 amide bonds. The van der Waals surface area contributed by atoms with Gasteiger partial charge < -0.3 is 5.73 Å². The minimum Gasteiger partial charge on any atom is -0.398 e. The summed E-state index contributed by atoms with van der Waals surface area (Å²) in [5.74, 6) is 0. The average Bonchev–Trinajstić information content (AvgIpc) is 2.62. The minimum absolute atomic E-state index is 0.867. The van der Waals surface area contributed by atoms with E-state index in [2.05, 4.69) is 29.6 Å². The third kappa shape index (κ3) is 1.58. The molecule has 1 nitrogen and oxygen atoms in total. The molecule has 1 heterocycles. The number of anilines is 1. The van der Waals surface area contributed by atoms with Gasteiger partial charge in [0.25, 0.3) is 0 Å². The summed E-state index contributed by atoms with van der Waals surface area (Å²) in [6, 6.07) is 10.4. The molecule has 0 atom stereocenters. The highest BCUT2D eigenvalue weighted by Gasteiger charge is 1.99. The highest BCUT2D eigenvalue weighted by Crippen LogP contribution is 2.27. The third-order valence-electron chi connectivity index (χ3n) is 2.08. The zero-order valence-electron chi connectivity index (χ0n) is 7.45. The van der Waals surface area contributed by atoms with Gasteiger partial charge in [-0.15, -0.1) is 11.3 Å². The van der Waals surface area contributed by atoms with Crippen LogP contribution >= 0.6 is 11.3 Å². The van der Waals surface area contributed by atoms with Gasteiger partial charge in [-0.3, -0.25) is 0 Å². The van der Waals surface area contributed by atoms with Crippen LogP contribution in [-0.4, -0.2) is 0 Å². The first kappa shape index (κ1) is 8.32. The van der Waals surface area contributed by atoms with Crippen molar-refractivity contribution < 1.29 is 0 Å². The summed E-state index contributed by atoms with van der Waals surface area (Å²) >= 11 is 1.74. The molecule has 0 saturated heterocycles. The van der Waals surface area contributed by atoms with E-state index < -0.39 is 0 Å². The average molecular weight is 189 g/mol. The van der Waals surface area contributed by atoms with Gasteiger partial charge in [-0.1, -0.05) is 18.2 Å². The van der Waals surface area contributed by atoms with Crippen molar-refractivity contribution >= 4 is 17.0 Å². The lowest BCUT2D eigenvalue weighted by atomic mass is 10.1. The number of thiophene rings is 1. The number of hydrogen-bond donors (Lipinski definition) is 1. The van der Waals surface area contributed by atoms with E-state index in [9.17, 15) is 0 Å². The highest BCUT2D eigenvalue weighted by atomic mass is 32.1. The Hall–Kier alpha value is -1.28. The second-order valence-electron chi connectivity index (χ2n) is 3.05. The summed E-state index contributed by atoms with van der Waals surface area (Å²) in [6.07, 6.45) is 0. The molecule has 2 rings (SSSR count). The lowest BCUT2D eigenvalue weighted by Gasteiger charge is -2.02. The van der Waals surface area contributed by atoms with Gasteiger partial charge >= 0.3 is 0 Å². The first-order valence-electron chi connectivity index (χ1n) is 4.17. The fourth-order valence-electron chi connectivity index (χ4n) is 1.24. The van der Waals surface area contributed by atoms with Crippen LogP contribution in [0.15, 0.2) is 35.7 Å². The molecule has 0 radical (unpaired) electrons. The maximum absolute atomic E-state index is 5.83. The molecule has 0 aliphatic heterocycles. The molecular formula is C11H11NS. The Morgan fingerprint density at radius 3 is 2.69 bits per heavy atom. The van der Waals surface area contributed by atoms with Gasteiger partial charge in [-0.2, -0.15) is 0 Å². The van der Waals surface area contributed by atoms with E-state index in [1.165, 1.54) is 10.4 Å². The van der Waals surface area contributed by atoms with Crippen LogP contribution in [0, 0.1) is 6.92 Å². The Labute approximate surface area is 81.8 Å². The predicted molar refractivity (Wildman–Crippen MR) is 58.9 cm³/mol. The van der Waals surface area contributed by atoms with Gasteiger partial charge in [0.15, 0.2) is 0 Å². The molecule has 1 aromatic heterocycles. The predicted octanol–water partition coefficient (Wildman–Crippen LogP) is 3.31. The van der Waals surface area contributed by atoms with Crippen molar-refractivity contribution in [2.24, 2.45) is 0 Å². The molecule has 0 aliphatic rings. The molecule has 1 aromatic carbocycles. The maximum Gasteiger partial charge on any atom is 0.0350 e. The summed E-state index contributed by atoms with van der Waals surface area (Å²) in [6.45, 7) is 2.02. The van der Waals surface area contributed by atoms with Crippen LogP contribution in [0.5, 0.6) is 0 Å². The first-order chi connectivity index (χ1) is 6.27. The molecule has 0 saturated carbocycles. The summed E-state index contributed by atoms with van der Waals surface area (Å²) in [7, 11) is 0. The van der Waals surface area contributed by atoms with Gasteiger partial charge in [-0.25, -0.2) is 0 Å². The Morgan fingerprint density at radius 1 is 1.23 bits per heavy atom. The van der Waals surface area contributed by atoms with Crippen molar-refractivity contribution in [2.45, 2.75) is 6.92 Å². The van der Waals surface area contributed by atoms with Crippen LogP contribution in [0.4, 0.5) is 5.69 Å². The normalized spacial score (nSPS) is 10.2. The zero-order chi connectivity index (χ0) is 9.26. The van der Waals surface area contributed by atoms with E-state index in [4.69, 9.17) is 5.73 Å². The molecule has 0 spiro atoms. The van der Waals surface area contributed by atoms with Crippen LogP contribution in [0.2, 0.25) is 0 Å². The zero-order valence-corrected chi connectivity index (χ0v) is 8.27. The largest absolute Gasteiger partial charge is 0.398 e. The van der Waals surface area contributed by atoms with Gasteiger partial charge in [-0.05, 0) is 35.6 Å². The van der Waals surface area contributed by atoms with Crippen molar-refractivity contribution in [3.05, 3.63) is 41.3 Å². The van der Waals surface area contributed by atoms with Crippen molar-refractivity contribution in [3.63, 3.8) is 0 Å². The lowest BCUT2D eigenvalue weighted by Crippen LogP contribution is -1.88. The summed E-state index contributed by atoms with van der Waals surface area (Å²) in [5.41, 5.74) is 9.04. The van der Waals surface area contributed by atoms with E-state index in [-0.39, 0.29) is 0 Å². The number of rotatable bonds is 1. The van der Waals surface area contributed by atoms with Gasteiger partial charge in [0, 0.05) is 10.6 Å². The summed E-state index contributed by atoms with van der Waals surface area (Å²) < 4.78 is 0. The molecule has 2 aromatic rings. The Kier molecular flexibility index (Phi) is 2.07. The Bertz CT molecular complexity index is 404. The van der Waals surface area contributed by atoms with E-state index in [0.717, 1.165) is 11.3 Å². The monoisotopic (exact) mass is 189 g/mol. The lowest BCUT2D eigenvalue weighted by molar-refractivity contribution is 1.47. The summed E-state index contributed by atoms with van der Waals surface area (Å²) in [5, 5.41) is 2.07. The van der Waals surface area contributed by atoms with Crippen molar-refractivity contribution in [1.82, 2.24) is 0 Å². The topological polar surface area (TPSA) is 26.0 Å². The molecule has 0 bridgehead atoms. The van der Waals surface area contributed by atoms with E-state index in [1.807, 2.05) is 13.0 Å². The molecule has 2 N–H and O–H groups in total. The smallest absolute Gasteiger partial charge is 0.0350 e. The molecule has 2 heteroatoms. The second kappa shape index (κ2) is 3.23. The SMILES string of the molecule is Cc1ccc(-c2cccs2)cc1N. The van der Waals surface area contributed by atoms with Crippen molar-refractivity contribution in [1.29, 1.82) is 0 Å². The van der Waals surface area contributed by atoms with Gasteiger partial charge in [0.1, 0.15) is 0 Å². The summed E-state index contributed by atoms with van der Waals surface area (Å²) in [4.78, 5) is 1.27. The number of hydrogen-bond acceptors (Lipinski definition) is 2. The first-order valence-corrected chi connectivity index (χ1v) is 5.05. The second-order valence-corrected chi connectivity index (χ2v) is 4.00. The fourth-order valence-corrected chi connectivity index (χ4v) is 1.96. The van der Waals surface area contributed by atoms with Crippen LogP contribution in [0.25, 0.3) is 10.4 Å². The molecule has 66 valence electrons. The van der Waals surface area contributed by atoms with Crippen LogP contribution in [0.1, 0.15) is 5.56 Å². The quantitative estimate of drug-likeness (QED) is 0.684. The van der Waals surface area contributed by atoms with E-state index in [0.29, 0.717) is 0 Å². The van der Waals surface area contributed by atoms with Crippen molar-refractivity contribution in [3.8, 4) is 10.4 Å². The van der Waals surface area contributed by atoms with Crippen LogP contribution in [0.3, 0.4) is 0 Å². The number of aryl methyl sites for hydroxylation is 1. The molecule has 13 heavy (non-hydrogen) atoms. The molecular weight excluding hydrogens is 178 g/mol. The Morgan fingerprint density at radius 2 is 2.08 bits per heavy atom. The maximum atomic E-state index is 5.83. The van der Waals surface area contributed by atoms with Crippen LogP contribution < -0.4 is 5.73 Å². The minimum atomic E-state index is 0.867. The standard InChI is InChI=1S/C11H11NS/c1-8-4-5-9(7-10(8)12)11-3-2-6-13-11/h2-7H,12H2,1H3. The molecule has 0 aliphatic carbocycles. The van der Waals surface area contributed by atoms with Crippen LogP contribution in [-0.2, 0) is 0 Å². The van der Waals surface area contributed by atoms with Crippen molar-refractivity contribution in [2.75, 3.05) is 5.73 Å².